The van der Waals surface area contributed by atoms with Crippen molar-refractivity contribution in [2.45, 2.75) is 18.8 Å². The molecule has 0 saturated carbocycles. The molecule has 4 rings (SSSR count). The number of nitrogens with one attached hydrogen (secondary N) is 1. The Morgan fingerprint density at radius 1 is 1.00 bits per heavy atom. The fraction of sp³-hybridized carbons (Fsp3) is 0.227. The largest absolute Gasteiger partial charge is 0.347 e. The quantitative estimate of drug-likeness (QED) is 0.714. The van der Waals surface area contributed by atoms with Crippen molar-refractivity contribution in [2.24, 2.45) is 0 Å². The lowest BCUT2D eigenvalue weighted by atomic mass is 9.95. The van der Waals surface area contributed by atoms with E-state index in [1.807, 2.05) is 71.6 Å². The minimum atomic E-state index is -0.231. The summed E-state index contributed by atoms with van der Waals surface area (Å²) >= 11 is 0. The highest BCUT2D eigenvalue weighted by Gasteiger charge is 2.27. The van der Waals surface area contributed by atoms with E-state index in [-0.39, 0.29) is 17.5 Å². The molecule has 0 radical (unpaired) electrons. The molecule has 6 heteroatoms. The Morgan fingerprint density at radius 3 is 2.32 bits per heavy atom. The summed E-state index contributed by atoms with van der Waals surface area (Å²) in [7, 11) is 0. The van der Waals surface area contributed by atoms with Crippen LogP contribution in [0.1, 0.15) is 30.1 Å². The second-order valence-electron chi connectivity index (χ2n) is 6.90. The second-order valence-corrected chi connectivity index (χ2v) is 6.90. The first-order valence-electron chi connectivity index (χ1n) is 9.47. The lowest BCUT2D eigenvalue weighted by molar-refractivity contribution is -0.127. The number of carbonyl (C=O) groups excluding carboxylic acids is 1. The number of nitrogens with zero attached hydrogens (tertiary/aromatic N) is 3. The molecular weight excluding hydrogens is 352 g/mol. The smallest absolute Gasteiger partial charge is 0.339 e. The predicted molar refractivity (Wildman–Crippen MR) is 108 cm³/mol. The van der Waals surface area contributed by atoms with Gasteiger partial charge in [0.25, 0.3) is 0 Å². The molecule has 1 aliphatic rings. The number of H-pyrrole nitrogens is 1. The van der Waals surface area contributed by atoms with Crippen LogP contribution in [-0.4, -0.2) is 38.7 Å². The first-order chi connectivity index (χ1) is 13.7. The monoisotopic (exact) mass is 374 g/mol. The highest BCUT2D eigenvalue weighted by Crippen LogP contribution is 2.27. The van der Waals surface area contributed by atoms with Gasteiger partial charge in [-0.2, -0.15) is 5.10 Å². The van der Waals surface area contributed by atoms with Crippen molar-refractivity contribution in [1.29, 1.82) is 0 Å². The van der Waals surface area contributed by atoms with Crippen LogP contribution < -0.4 is 5.69 Å². The summed E-state index contributed by atoms with van der Waals surface area (Å²) in [5.74, 6) is 0.897. The third kappa shape index (κ3) is 3.81. The maximum absolute atomic E-state index is 12.5. The topological polar surface area (TPSA) is 71.0 Å². The first kappa shape index (κ1) is 18.0. The summed E-state index contributed by atoms with van der Waals surface area (Å²) in [6, 6.07) is 19.3. The minimum absolute atomic E-state index is 0.0183. The van der Waals surface area contributed by atoms with E-state index in [1.54, 1.807) is 10.6 Å². The standard InChI is InChI=1S/C22H22N4O2/c27-20(12-11-17-7-3-1-4-8-17)25-15-13-18(14-16-25)21-23-24-22(28)26(21)19-9-5-2-6-10-19/h1-12,18H,13-16H2,(H,24,28). The fourth-order valence-corrected chi connectivity index (χ4v) is 3.60. The number of rotatable bonds is 4. The van der Waals surface area contributed by atoms with Gasteiger partial charge < -0.3 is 4.90 Å². The van der Waals surface area contributed by atoms with E-state index < -0.39 is 0 Å². The maximum atomic E-state index is 12.5. The van der Waals surface area contributed by atoms with E-state index in [2.05, 4.69) is 10.2 Å². The summed E-state index contributed by atoms with van der Waals surface area (Å²) in [6.45, 7) is 1.30. The molecule has 6 nitrogen and oxygen atoms in total. The molecule has 0 unspecified atom stereocenters. The molecule has 142 valence electrons. The zero-order valence-electron chi connectivity index (χ0n) is 15.5. The van der Waals surface area contributed by atoms with Crippen molar-refractivity contribution < 1.29 is 4.79 Å². The zero-order chi connectivity index (χ0) is 19.3. The third-order valence-corrected chi connectivity index (χ3v) is 5.10. The van der Waals surface area contributed by atoms with E-state index in [1.165, 1.54) is 0 Å². The van der Waals surface area contributed by atoms with Gasteiger partial charge in [0.05, 0.1) is 5.69 Å². The van der Waals surface area contributed by atoms with Crippen LogP contribution in [0.2, 0.25) is 0 Å². The number of hydrogen-bond acceptors (Lipinski definition) is 3. The van der Waals surface area contributed by atoms with Crippen LogP contribution in [0.4, 0.5) is 0 Å². The molecule has 1 fully saturated rings. The van der Waals surface area contributed by atoms with Crippen molar-refractivity contribution in [2.75, 3.05) is 13.1 Å². The van der Waals surface area contributed by atoms with Gasteiger partial charge in [0.2, 0.25) is 5.91 Å². The Kier molecular flexibility index (Phi) is 5.19. The number of para-hydroxylation sites is 1. The van der Waals surface area contributed by atoms with Crippen molar-refractivity contribution in [3.8, 4) is 5.69 Å². The average molecular weight is 374 g/mol. The number of benzene rings is 2. The Morgan fingerprint density at radius 2 is 1.64 bits per heavy atom. The van der Waals surface area contributed by atoms with Crippen molar-refractivity contribution >= 4 is 12.0 Å². The molecule has 0 spiro atoms. The molecule has 3 aromatic rings. The van der Waals surface area contributed by atoms with E-state index in [4.69, 9.17) is 0 Å². The molecule has 1 N–H and O–H groups in total. The maximum Gasteiger partial charge on any atom is 0.347 e. The van der Waals surface area contributed by atoms with Crippen LogP contribution in [0.15, 0.2) is 71.5 Å². The Hall–Kier alpha value is -3.41. The molecule has 1 aliphatic heterocycles. The van der Waals surface area contributed by atoms with Gasteiger partial charge in [-0.1, -0.05) is 48.5 Å². The van der Waals surface area contributed by atoms with E-state index >= 15 is 0 Å². The first-order valence-corrected chi connectivity index (χ1v) is 9.47. The van der Waals surface area contributed by atoms with Gasteiger partial charge in [-0.25, -0.2) is 14.5 Å². The van der Waals surface area contributed by atoms with Crippen molar-refractivity contribution in [3.05, 3.63) is 88.6 Å². The van der Waals surface area contributed by atoms with Crippen LogP contribution in [-0.2, 0) is 4.79 Å². The van der Waals surface area contributed by atoms with E-state index in [0.29, 0.717) is 13.1 Å². The minimum Gasteiger partial charge on any atom is -0.339 e. The molecule has 1 saturated heterocycles. The number of likely N-dealkylation sites (tertiary alicyclic amines) is 1. The molecule has 28 heavy (non-hydrogen) atoms. The number of carbonyl (C=O) groups is 1. The number of amides is 1. The highest BCUT2D eigenvalue weighted by atomic mass is 16.2. The van der Waals surface area contributed by atoms with E-state index in [0.717, 1.165) is 29.9 Å². The number of aromatic amines is 1. The zero-order valence-corrected chi connectivity index (χ0v) is 15.5. The normalized spacial score (nSPS) is 15.2. The average Bonchev–Trinajstić information content (AvgIpc) is 3.15. The number of aromatic nitrogens is 3. The molecule has 0 atom stereocenters. The summed E-state index contributed by atoms with van der Waals surface area (Å²) in [6.07, 6.45) is 5.03. The van der Waals surface area contributed by atoms with Gasteiger partial charge in [-0.15, -0.1) is 0 Å². The van der Waals surface area contributed by atoms with Gasteiger partial charge in [-0.05, 0) is 36.6 Å². The Labute approximate surface area is 163 Å². The number of piperidine rings is 1. The fourth-order valence-electron chi connectivity index (χ4n) is 3.60. The molecule has 0 bridgehead atoms. The number of hydrogen-bond donors (Lipinski definition) is 1. The summed E-state index contributed by atoms with van der Waals surface area (Å²) in [4.78, 5) is 26.6. The van der Waals surface area contributed by atoms with Gasteiger partial charge in [0.15, 0.2) is 0 Å². The van der Waals surface area contributed by atoms with Crippen LogP contribution >= 0.6 is 0 Å². The van der Waals surface area contributed by atoms with Crippen LogP contribution in [0, 0.1) is 0 Å². The summed E-state index contributed by atoms with van der Waals surface area (Å²) < 4.78 is 1.64. The lowest BCUT2D eigenvalue weighted by Gasteiger charge is -2.30. The van der Waals surface area contributed by atoms with Crippen molar-refractivity contribution in [1.82, 2.24) is 19.7 Å². The molecule has 2 heterocycles. The Bertz CT molecular complexity index is 1010. The van der Waals surface area contributed by atoms with Gasteiger partial charge in [-0.3, -0.25) is 4.79 Å². The van der Waals surface area contributed by atoms with Crippen LogP contribution in [0.3, 0.4) is 0 Å². The Balaban J connectivity index is 1.43. The van der Waals surface area contributed by atoms with Gasteiger partial charge in [0.1, 0.15) is 5.82 Å². The van der Waals surface area contributed by atoms with E-state index in [9.17, 15) is 9.59 Å². The SMILES string of the molecule is O=C(C=Cc1ccccc1)N1CCC(c2n[nH]c(=O)n2-c2ccccc2)CC1. The molecule has 1 amide bonds. The lowest BCUT2D eigenvalue weighted by Crippen LogP contribution is -2.37. The van der Waals surface area contributed by atoms with Crippen LogP contribution in [0.5, 0.6) is 0 Å². The highest BCUT2D eigenvalue weighted by molar-refractivity contribution is 5.91. The van der Waals surface area contributed by atoms with Crippen LogP contribution in [0.25, 0.3) is 11.8 Å². The third-order valence-electron chi connectivity index (χ3n) is 5.10. The summed E-state index contributed by atoms with van der Waals surface area (Å²) in [5.41, 5.74) is 1.58. The second kappa shape index (κ2) is 8.08. The molecule has 0 aliphatic carbocycles. The molecule has 2 aromatic carbocycles. The van der Waals surface area contributed by atoms with Crippen molar-refractivity contribution in [3.63, 3.8) is 0 Å². The molecular formula is C22H22N4O2. The van der Waals surface area contributed by atoms with Gasteiger partial charge in [0, 0.05) is 25.1 Å². The predicted octanol–water partition coefficient (Wildman–Crippen LogP) is 2.98. The summed E-state index contributed by atoms with van der Waals surface area (Å²) in [5, 5.41) is 6.84. The van der Waals surface area contributed by atoms with Gasteiger partial charge >= 0.3 is 5.69 Å². The molecule has 1 aromatic heterocycles.